The van der Waals surface area contributed by atoms with Crippen molar-refractivity contribution in [3.8, 4) is 11.4 Å². The van der Waals surface area contributed by atoms with E-state index in [0.717, 1.165) is 12.0 Å². The second-order valence-corrected chi connectivity index (χ2v) is 5.99. The minimum absolute atomic E-state index is 0.0534. The Morgan fingerprint density at radius 1 is 1.40 bits per heavy atom. The van der Waals surface area contributed by atoms with Gasteiger partial charge in [0.15, 0.2) is 5.82 Å². The number of nitrogens with zero attached hydrogens (tertiary/aromatic N) is 3. The van der Waals surface area contributed by atoms with Crippen LogP contribution in [0, 0.1) is 0 Å². The molecular formula is C17H22N6O2. The minimum Gasteiger partial charge on any atom is -0.331 e. The Labute approximate surface area is 145 Å². The van der Waals surface area contributed by atoms with Gasteiger partial charge in [0.05, 0.1) is 6.54 Å². The SMILES string of the molecule is CCC(C(=O)Nc1ccc(-c2n[nH]c(CN)n2)cc1)N1CCCC1=O. The van der Waals surface area contributed by atoms with Gasteiger partial charge in [-0.25, -0.2) is 4.98 Å². The van der Waals surface area contributed by atoms with E-state index in [0.29, 0.717) is 43.3 Å². The number of benzene rings is 1. The monoisotopic (exact) mass is 342 g/mol. The summed E-state index contributed by atoms with van der Waals surface area (Å²) in [7, 11) is 0. The van der Waals surface area contributed by atoms with E-state index in [4.69, 9.17) is 5.73 Å². The van der Waals surface area contributed by atoms with E-state index in [9.17, 15) is 9.59 Å². The largest absolute Gasteiger partial charge is 0.331 e. The molecule has 4 N–H and O–H groups in total. The van der Waals surface area contributed by atoms with E-state index < -0.39 is 6.04 Å². The van der Waals surface area contributed by atoms with Crippen molar-refractivity contribution in [3.63, 3.8) is 0 Å². The zero-order chi connectivity index (χ0) is 17.8. The van der Waals surface area contributed by atoms with Gasteiger partial charge in [-0.05, 0) is 37.1 Å². The highest BCUT2D eigenvalue weighted by molar-refractivity contribution is 5.97. The van der Waals surface area contributed by atoms with Crippen LogP contribution >= 0.6 is 0 Å². The Hall–Kier alpha value is -2.74. The third-order valence-corrected chi connectivity index (χ3v) is 4.31. The lowest BCUT2D eigenvalue weighted by atomic mass is 10.1. The number of H-pyrrole nitrogens is 1. The first-order valence-electron chi connectivity index (χ1n) is 8.44. The summed E-state index contributed by atoms with van der Waals surface area (Å²) in [4.78, 5) is 30.3. The molecule has 2 aromatic rings. The van der Waals surface area contributed by atoms with E-state index in [1.807, 2.05) is 19.1 Å². The number of anilines is 1. The lowest BCUT2D eigenvalue weighted by Crippen LogP contribution is -2.44. The van der Waals surface area contributed by atoms with Crippen LogP contribution in [0.25, 0.3) is 11.4 Å². The number of amides is 2. The molecule has 0 radical (unpaired) electrons. The van der Waals surface area contributed by atoms with Crippen molar-refractivity contribution < 1.29 is 9.59 Å². The molecule has 0 bridgehead atoms. The summed E-state index contributed by atoms with van der Waals surface area (Å²) in [6.07, 6.45) is 1.94. The van der Waals surface area contributed by atoms with Gasteiger partial charge in [0.1, 0.15) is 11.9 Å². The molecule has 1 aromatic heterocycles. The summed E-state index contributed by atoms with van der Waals surface area (Å²) < 4.78 is 0. The fourth-order valence-electron chi connectivity index (χ4n) is 2.99. The van der Waals surface area contributed by atoms with Crippen LogP contribution in [-0.2, 0) is 16.1 Å². The number of rotatable bonds is 6. The van der Waals surface area contributed by atoms with Crippen LogP contribution in [0.15, 0.2) is 24.3 Å². The Kier molecular flexibility index (Phi) is 5.08. The molecule has 1 aromatic carbocycles. The number of carbonyl (C=O) groups excluding carboxylic acids is 2. The van der Waals surface area contributed by atoms with E-state index in [1.54, 1.807) is 17.0 Å². The lowest BCUT2D eigenvalue weighted by Gasteiger charge is -2.25. The van der Waals surface area contributed by atoms with Gasteiger partial charge in [-0.2, -0.15) is 5.10 Å². The standard InChI is InChI=1S/C17H22N6O2/c1-2-13(23-9-3-4-15(23)24)17(25)19-12-7-5-11(6-8-12)16-20-14(10-18)21-22-16/h5-8,13H,2-4,9-10,18H2,1H3,(H,19,25)(H,20,21,22). The van der Waals surface area contributed by atoms with Crippen LogP contribution in [0.3, 0.4) is 0 Å². The van der Waals surface area contributed by atoms with Crippen LogP contribution < -0.4 is 11.1 Å². The van der Waals surface area contributed by atoms with Crippen LogP contribution in [0.2, 0.25) is 0 Å². The van der Waals surface area contributed by atoms with Crippen LogP contribution in [0.1, 0.15) is 32.0 Å². The molecule has 1 unspecified atom stereocenters. The first-order valence-corrected chi connectivity index (χ1v) is 8.44. The highest BCUT2D eigenvalue weighted by atomic mass is 16.2. The quantitative estimate of drug-likeness (QED) is 0.731. The highest BCUT2D eigenvalue weighted by Gasteiger charge is 2.31. The maximum atomic E-state index is 12.5. The molecule has 2 amide bonds. The average molecular weight is 342 g/mol. The second-order valence-electron chi connectivity index (χ2n) is 5.99. The fourth-order valence-corrected chi connectivity index (χ4v) is 2.99. The molecule has 1 atom stereocenters. The summed E-state index contributed by atoms with van der Waals surface area (Å²) in [5.41, 5.74) is 7.02. The van der Waals surface area contributed by atoms with Crippen LogP contribution in [0.4, 0.5) is 5.69 Å². The van der Waals surface area contributed by atoms with Gasteiger partial charge >= 0.3 is 0 Å². The third kappa shape index (κ3) is 3.69. The molecule has 1 saturated heterocycles. The number of nitrogens with one attached hydrogen (secondary N) is 2. The first-order chi connectivity index (χ1) is 12.1. The Morgan fingerprint density at radius 3 is 2.72 bits per heavy atom. The van der Waals surface area contributed by atoms with E-state index in [-0.39, 0.29) is 11.8 Å². The molecule has 0 aliphatic carbocycles. The maximum absolute atomic E-state index is 12.5. The van der Waals surface area contributed by atoms with Crippen LogP contribution in [0.5, 0.6) is 0 Å². The average Bonchev–Trinajstić information content (AvgIpc) is 3.26. The molecule has 25 heavy (non-hydrogen) atoms. The van der Waals surface area contributed by atoms with Crippen molar-refractivity contribution in [3.05, 3.63) is 30.1 Å². The maximum Gasteiger partial charge on any atom is 0.247 e. The van der Waals surface area contributed by atoms with E-state index >= 15 is 0 Å². The Morgan fingerprint density at radius 2 is 2.16 bits per heavy atom. The minimum atomic E-state index is -0.421. The number of hydrogen-bond donors (Lipinski definition) is 3. The first kappa shape index (κ1) is 17.1. The fraction of sp³-hybridized carbons (Fsp3) is 0.412. The summed E-state index contributed by atoms with van der Waals surface area (Å²) in [5.74, 6) is 1.08. The van der Waals surface area contributed by atoms with Gasteiger partial charge in [-0.3, -0.25) is 14.7 Å². The molecule has 132 valence electrons. The molecular weight excluding hydrogens is 320 g/mol. The number of likely N-dealkylation sites (tertiary alicyclic amines) is 1. The second kappa shape index (κ2) is 7.43. The molecule has 1 aliphatic heterocycles. The van der Waals surface area contributed by atoms with Gasteiger partial charge in [-0.1, -0.05) is 6.92 Å². The number of hydrogen-bond acceptors (Lipinski definition) is 5. The van der Waals surface area contributed by atoms with Gasteiger partial charge in [0.2, 0.25) is 11.8 Å². The van der Waals surface area contributed by atoms with Crippen molar-refractivity contribution in [2.24, 2.45) is 5.73 Å². The number of aromatic amines is 1. The predicted octanol–water partition coefficient (Wildman–Crippen LogP) is 1.27. The van der Waals surface area contributed by atoms with Gasteiger partial charge in [0.25, 0.3) is 0 Å². The van der Waals surface area contributed by atoms with Crippen molar-refractivity contribution in [1.29, 1.82) is 0 Å². The zero-order valence-corrected chi connectivity index (χ0v) is 14.2. The topological polar surface area (TPSA) is 117 Å². The van der Waals surface area contributed by atoms with Crippen molar-refractivity contribution >= 4 is 17.5 Å². The van der Waals surface area contributed by atoms with Crippen molar-refractivity contribution in [1.82, 2.24) is 20.1 Å². The number of nitrogens with two attached hydrogens (primary N) is 1. The Balaban J connectivity index is 1.67. The van der Waals surface area contributed by atoms with Gasteiger partial charge in [-0.15, -0.1) is 0 Å². The van der Waals surface area contributed by atoms with Crippen molar-refractivity contribution in [2.45, 2.75) is 38.8 Å². The molecule has 1 fully saturated rings. The highest BCUT2D eigenvalue weighted by Crippen LogP contribution is 2.20. The normalized spacial score (nSPS) is 15.4. The molecule has 3 rings (SSSR count). The number of aromatic nitrogens is 3. The summed E-state index contributed by atoms with van der Waals surface area (Å²) in [5, 5.41) is 9.75. The smallest absolute Gasteiger partial charge is 0.247 e. The molecule has 2 heterocycles. The molecule has 0 spiro atoms. The van der Waals surface area contributed by atoms with Gasteiger partial charge < -0.3 is 16.0 Å². The molecule has 0 saturated carbocycles. The molecule has 8 heteroatoms. The van der Waals surface area contributed by atoms with Crippen molar-refractivity contribution in [2.75, 3.05) is 11.9 Å². The van der Waals surface area contributed by atoms with Gasteiger partial charge in [0, 0.05) is 24.2 Å². The summed E-state index contributed by atoms with van der Waals surface area (Å²) in [6.45, 7) is 2.87. The molecule has 8 nitrogen and oxygen atoms in total. The zero-order valence-electron chi connectivity index (χ0n) is 14.2. The summed E-state index contributed by atoms with van der Waals surface area (Å²) in [6, 6.07) is 6.84. The number of carbonyl (C=O) groups is 2. The third-order valence-electron chi connectivity index (χ3n) is 4.31. The predicted molar refractivity (Wildman–Crippen MR) is 93.4 cm³/mol. The lowest BCUT2D eigenvalue weighted by molar-refractivity contribution is -0.135. The summed E-state index contributed by atoms with van der Waals surface area (Å²) >= 11 is 0. The van der Waals surface area contributed by atoms with Crippen LogP contribution in [-0.4, -0.2) is 44.5 Å². The molecule has 1 aliphatic rings. The Bertz CT molecular complexity index is 755. The van der Waals surface area contributed by atoms with E-state index in [2.05, 4.69) is 20.5 Å². The van der Waals surface area contributed by atoms with E-state index in [1.165, 1.54) is 0 Å².